The molecular formula is C8H16N2O2. The second-order valence-corrected chi connectivity index (χ2v) is 4.15. The van der Waals surface area contributed by atoms with E-state index >= 15 is 0 Å². The van der Waals surface area contributed by atoms with Crippen LogP contribution in [0.15, 0.2) is 0 Å². The number of alkyl carbamates (subject to hydrolysis) is 1. The molecule has 2 atom stereocenters. The van der Waals surface area contributed by atoms with Gasteiger partial charge in [0, 0.05) is 12.1 Å². The number of hydrogen-bond acceptors (Lipinski definition) is 3. The van der Waals surface area contributed by atoms with Crippen LogP contribution >= 0.6 is 0 Å². The van der Waals surface area contributed by atoms with Crippen molar-refractivity contribution in [3.8, 4) is 0 Å². The van der Waals surface area contributed by atoms with Crippen molar-refractivity contribution in [3.05, 3.63) is 0 Å². The van der Waals surface area contributed by atoms with Crippen LogP contribution in [0.5, 0.6) is 0 Å². The Kier molecular flexibility index (Phi) is 2.28. The van der Waals surface area contributed by atoms with Crippen molar-refractivity contribution in [1.82, 2.24) is 5.32 Å². The first-order valence-electron chi connectivity index (χ1n) is 4.13. The normalized spacial score (nSPS) is 28.0. The molecule has 1 fully saturated rings. The fraction of sp³-hybridized carbons (Fsp3) is 0.875. The molecule has 0 saturated heterocycles. The molecule has 0 aromatic carbocycles. The van der Waals surface area contributed by atoms with Gasteiger partial charge >= 0.3 is 6.09 Å². The summed E-state index contributed by atoms with van der Waals surface area (Å²) in [4.78, 5) is 11.1. The van der Waals surface area contributed by atoms with Crippen LogP contribution in [-0.2, 0) is 4.74 Å². The van der Waals surface area contributed by atoms with Crippen LogP contribution in [0.3, 0.4) is 0 Å². The van der Waals surface area contributed by atoms with E-state index in [-0.39, 0.29) is 18.2 Å². The van der Waals surface area contributed by atoms with Gasteiger partial charge in [0.2, 0.25) is 0 Å². The second kappa shape index (κ2) is 2.94. The highest BCUT2D eigenvalue weighted by Gasteiger charge is 2.35. The summed E-state index contributed by atoms with van der Waals surface area (Å²) in [7, 11) is 0. The van der Waals surface area contributed by atoms with E-state index in [4.69, 9.17) is 10.5 Å². The van der Waals surface area contributed by atoms with E-state index < -0.39 is 5.60 Å². The minimum atomic E-state index is -0.428. The minimum Gasteiger partial charge on any atom is -0.444 e. The first-order valence-corrected chi connectivity index (χ1v) is 4.13. The fourth-order valence-corrected chi connectivity index (χ4v) is 0.840. The zero-order chi connectivity index (χ0) is 9.35. The van der Waals surface area contributed by atoms with Gasteiger partial charge in [-0.2, -0.15) is 0 Å². The number of nitrogens with two attached hydrogens (primary N) is 1. The third-order valence-corrected chi connectivity index (χ3v) is 1.54. The van der Waals surface area contributed by atoms with E-state index in [1.807, 2.05) is 20.8 Å². The van der Waals surface area contributed by atoms with Crippen molar-refractivity contribution in [2.75, 3.05) is 0 Å². The highest BCUT2D eigenvalue weighted by Crippen LogP contribution is 2.18. The van der Waals surface area contributed by atoms with E-state index in [0.29, 0.717) is 0 Å². The van der Waals surface area contributed by atoms with Crippen molar-refractivity contribution < 1.29 is 9.53 Å². The average Bonchev–Trinajstić information content (AvgIpc) is 2.40. The van der Waals surface area contributed by atoms with Crippen LogP contribution in [0.2, 0.25) is 0 Å². The van der Waals surface area contributed by atoms with Crippen molar-refractivity contribution in [2.24, 2.45) is 5.73 Å². The van der Waals surface area contributed by atoms with Crippen LogP contribution in [0.4, 0.5) is 4.79 Å². The number of carbonyl (C=O) groups is 1. The van der Waals surface area contributed by atoms with Gasteiger partial charge in [-0.1, -0.05) is 0 Å². The van der Waals surface area contributed by atoms with E-state index in [0.717, 1.165) is 6.42 Å². The van der Waals surface area contributed by atoms with Crippen molar-refractivity contribution in [3.63, 3.8) is 0 Å². The Balaban J connectivity index is 2.21. The minimum absolute atomic E-state index is 0.123. The summed E-state index contributed by atoms with van der Waals surface area (Å²) < 4.78 is 5.03. The standard InChI is InChI=1S/C8H16N2O2/c1-8(2,3)12-7(11)10-6-4-5(6)9/h5-6H,4,9H2,1-3H3,(H,10,11)/t5-,6+/m0/s1. The third kappa shape index (κ3) is 3.09. The molecule has 4 nitrogen and oxygen atoms in total. The fourth-order valence-electron chi connectivity index (χ4n) is 0.840. The molecule has 1 saturated carbocycles. The highest BCUT2D eigenvalue weighted by atomic mass is 16.6. The molecule has 1 rings (SSSR count). The second-order valence-electron chi connectivity index (χ2n) is 4.15. The SMILES string of the molecule is CC(C)(C)OC(=O)N[C@@H]1C[C@@H]1N. The zero-order valence-electron chi connectivity index (χ0n) is 7.76. The Labute approximate surface area is 72.5 Å². The van der Waals surface area contributed by atoms with Crippen LogP contribution < -0.4 is 11.1 Å². The molecule has 0 radical (unpaired) electrons. The maximum atomic E-state index is 11.1. The van der Waals surface area contributed by atoms with Crippen molar-refractivity contribution in [1.29, 1.82) is 0 Å². The number of nitrogens with one attached hydrogen (secondary N) is 1. The van der Waals surface area contributed by atoms with E-state index in [1.165, 1.54) is 0 Å². The molecule has 1 aliphatic carbocycles. The van der Waals surface area contributed by atoms with Gasteiger partial charge in [0.15, 0.2) is 0 Å². The Bertz CT molecular complexity index is 186. The quantitative estimate of drug-likeness (QED) is 0.609. The lowest BCUT2D eigenvalue weighted by molar-refractivity contribution is 0.0523. The van der Waals surface area contributed by atoms with Gasteiger partial charge in [-0.3, -0.25) is 0 Å². The molecule has 70 valence electrons. The number of amides is 1. The summed E-state index contributed by atoms with van der Waals surface area (Å²) in [5, 5.41) is 2.67. The Hall–Kier alpha value is -0.770. The van der Waals surface area contributed by atoms with Gasteiger partial charge in [-0.25, -0.2) is 4.79 Å². The average molecular weight is 172 g/mol. The third-order valence-electron chi connectivity index (χ3n) is 1.54. The molecule has 0 unspecified atom stereocenters. The van der Waals surface area contributed by atoms with E-state index in [2.05, 4.69) is 5.32 Å². The number of carbonyl (C=O) groups excluding carboxylic acids is 1. The maximum absolute atomic E-state index is 11.1. The summed E-state index contributed by atoms with van der Waals surface area (Å²) >= 11 is 0. The number of ether oxygens (including phenoxy) is 1. The van der Waals surface area contributed by atoms with Gasteiger partial charge < -0.3 is 15.8 Å². The lowest BCUT2D eigenvalue weighted by Crippen LogP contribution is -2.35. The number of hydrogen-bond donors (Lipinski definition) is 2. The lowest BCUT2D eigenvalue weighted by Gasteiger charge is -2.19. The van der Waals surface area contributed by atoms with Crippen LogP contribution in [0.1, 0.15) is 27.2 Å². The topological polar surface area (TPSA) is 64.3 Å². The first kappa shape index (κ1) is 9.32. The zero-order valence-corrected chi connectivity index (χ0v) is 7.76. The highest BCUT2D eigenvalue weighted by molar-refractivity contribution is 5.68. The summed E-state index contributed by atoms with van der Waals surface area (Å²) in [6.45, 7) is 5.50. The molecule has 3 N–H and O–H groups in total. The van der Waals surface area contributed by atoms with E-state index in [9.17, 15) is 4.79 Å². The Morgan fingerprint density at radius 3 is 2.42 bits per heavy atom. The summed E-state index contributed by atoms with van der Waals surface area (Å²) in [6.07, 6.45) is 0.486. The van der Waals surface area contributed by atoms with Crippen LogP contribution in [0, 0.1) is 0 Å². The van der Waals surface area contributed by atoms with Gasteiger partial charge in [0.25, 0.3) is 0 Å². The molecule has 0 spiro atoms. The van der Waals surface area contributed by atoms with Crippen molar-refractivity contribution >= 4 is 6.09 Å². The number of rotatable bonds is 1. The molecule has 0 aliphatic heterocycles. The Morgan fingerprint density at radius 2 is 2.08 bits per heavy atom. The summed E-state index contributed by atoms with van der Waals surface area (Å²) in [5.74, 6) is 0. The largest absolute Gasteiger partial charge is 0.444 e. The maximum Gasteiger partial charge on any atom is 0.407 e. The summed E-state index contributed by atoms with van der Waals surface area (Å²) in [5.41, 5.74) is 5.08. The molecule has 0 bridgehead atoms. The summed E-state index contributed by atoms with van der Waals surface area (Å²) in [6, 6.07) is 0.248. The molecule has 1 aliphatic rings. The predicted octanol–water partition coefficient (Wildman–Crippen LogP) is 0.611. The molecule has 1 amide bonds. The van der Waals surface area contributed by atoms with Gasteiger partial charge in [-0.05, 0) is 27.2 Å². The Morgan fingerprint density at radius 1 is 1.58 bits per heavy atom. The predicted molar refractivity (Wildman–Crippen MR) is 45.8 cm³/mol. The smallest absolute Gasteiger partial charge is 0.407 e. The lowest BCUT2D eigenvalue weighted by atomic mass is 10.2. The first-order chi connectivity index (χ1) is 5.38. The molecule has 12 heavy (non-hydrogen) atoms. The van der Waals surface area contributed by atoms with Gasteiger partial charge in [0.05, 0.1) is 0 Å². The molecule has 0 aromatic rings. The molecule has 0 heterocycles. The van der Waals surface area contributed by atoms with Crippen LogP contribution in [-0.4, -0.2) is 23.8 Å². The molecule has 4 heteroatoms. The molecule has 0 aromatic heterocycles. The van der Waals surface area contributed by atoms with Crippen molar-refractivity contribution in [2.45, 2.75) is 44.9 Å². The van der Waals surface area contributed by atoms with Gasteiger partial charge in [0.1, 0.15) is 5.60 Å². The molecular weight excluding hydrogens is 156 g/mol. The van der Waals surface area contributed by atoms with E-state index in [1.54, 1.807) is 0 Å². The van der Waals surface area contributed by atoms with Crippen LogP contribution in [0.25, 0.3) is 0 Å². The monoisotopic (exact) mass is 172 g/mol. The van der Waals surface area contributed by atoms with Gasteiger partial charge in [-0.15, -0.1) is 0 Å².